The Hall–Kier alpha value is -4.25. The average Bonchev–Trinajstić information content (AvgIpc) is 3.24. The van der Waals surface area contributed by atoms with Gasteiger partial charge in [-0.05, 0) is 52.3 Å². The molecule has 0 spiro atoms. The monoisotopic (exact) mass is 535 g/mol. The standard InChI is InChI=1S/C28H29N3O8/c1-6-28(37-24(33)15(2)30-39-26(35)38-27(3,4)5)19-12-21-22-17(11-16-9-7-8-10-20(16)29-22)13-31(21)23(32)18(19)14-36-25(28)34/h7-12,15,30H,6,13-14H2,1-5H3/t15-,28-/m0/s1. The van der Waals surface area contributed by atoms with Crippen LogP contribution >= 0.6 is 0 Å². The highest BCUT2D eigenvalue weighted by Crippen LogP contribution is 2.41. The maximum absolute atomic E-state index is 13.6. The fourth-order valence-electron chi connectivity index (χ4n) is 4.80. The van der Waals surface area contributed by atoms with E-state index in [4.69, 9.17) is 24.0 Å². The lowest BCUT2D eigenvalue weighted by atomic mass is 9.85. The maximum Gasteiger partial charge on any atom is 0.528 e. The van der Waals surface area contributed by atoms with Crippen molar-refractivity contribution in [1.29, 1.82) is 0 Å². The first-order valence-corrected chi connectivity index (χ1v) is 12.6. The number of para-hydroxylation sites is 1. The second kappa shape index (κ2) is 9.49. The molecule has 2 aliphatic heterocycles. The smallest absolute Gasteiger partial charge is 0.457 e. The number of benzene rings is 1. The Bertz CT molecular complexity index is 1570. The number of hydrogen-bond donors (Lipinski definition) is 1. The van der Waals surface area contributed by atoms with Crippen molar-refractivity contribution in [2.24, 2.45) is 0 Å². The molecule has 3 aromatic rings. The largest absolute Gasteiger partial charge is 0.528 e. The van der Waals surface area contributed by atoms with Crippen molar-refractivity contribution in [1.82, 2.24) is 15.0 Å². The number of ether oxygens (including phenoxy) is 3. The van der Waals surface area contributed by atoms with Gasteiger partial charge < -0.3 is 23.6 Å². The Labute approximate surface area is 224 Å². The van der Waals surface area contributed by atoms with Crippen LogP contribution in [0.15, 0.2) is 41.2 Å². The summed E-state index contributed by atoms with van der Waals surface area (Å²) in [5.41, 5.74) is 2.56. The van der Waals surface area contributed by atoms with E-state index in [1.807, 2.05) is 30.3 Å². The second-order valence-electron chi connectivity index (χ2n) is 10.6. The van der Waals surface area contributed by atoms with E-state index in [2.05, 4.69) is 5.48 Å². The third-order valence-electron chi connectivity index (χ3n) is 6.72. The number of fused-ring (bicyclic) bond motifs is 5. The number of aromatic nitrogens is 2. The predicted molar refractivity (Wildman–Crippen MR) is 138 cm³/mol. The zero-order chi connectivity index (χ0) is 28.1. The van der Waals surface area contributed by atoms with Crippen LogP contribution in [0, 0.1) is 0 Å². The van der Waals surface area contributed by atoms with Crippen molar-refractivity contribution in [3.63, 3.8) is 0 Å². The molecule has 0 saturated heterocycles. The van der Waals surface area contributed by atoms with E-state index in [1.165, 1.54) is 6.92 Å². The molecule has 1 aromatic carbocycles. The fourth-order valence-corrected chi connectivity index (χ4v) is 4.80. The van der Waals surface area contributed by atoms with Crippen LogP contribution in [0.5, 0.6) is 0 Å². The van der Waals surface area contributed by atoms with E-state index < -0.39 is 35.3 Å². The molecule has 5 rings (SSSR count). The molecular weight excluding hydrogens is 506 g/mol. The zero-order valence-corrected chi connectivity index (χ0v) is 22.3. The molecule has 0 saturated carbocycles. The van der Waals surface area contributed by atoms with Gasteiger partial charge in [0.1, 0.15) is 18.2 Å². The first-order valence-electron chi connectivity index (χ1n) is 12.6. The lowest BCUT2D eigenvalue weighted by Gasteiger charge is -2.36. The number of hydroxylamine groups is 1. The molecule has 2 atom stereocenters. The normalized spacial score (nSPS) is 18.4. The molecule has 2 aromatic heterocycles. The summed E-state index contributed by atoms with van der Waals surface area (Å²) in [7, 11) is 0. The number of nitrogens with zero attached hydrogens (tertiary/aromatic N) is 2. The lowest BCUT2D eigenvalue weighted by Crippen LogP contribution is -2.50. The molecule has 39 heavy (non-hydrogen) atoms. The molecule has 0 unspecified atom stereocenters. The molecule has 1 N–H and O–H groups in total. The Morgan fingerprint density at radius 1 is 1.21 bits per heavy atom. The molecule has 0 bridgehead atoms. The van der Waals surface area contributed by atoms with Crippen LogP contribution in [0.3, 0.4) is 0 Å². The topological polar surface area (TPSA) is 135 Å². The summed E-state index contributed by atoms with van der Waals surface area (Å²) in [6.45, 7) is 8.13. The van der Waals surface area contributed by atoms with Crippen molar-refractivity contribution in [2.75, 3.05) is 0 Å². The highest BCUT2D eigenvalue weighted by atomic mass is 16.8. The van der Waals surface area contributed by atoms with E-state index in [9.17, 15) is 19.2 Å². The molecule has 0 aliphatic carbocycles. The summed E-state index contributed by atoms with van der Waals surface area (Å²) < 4.78 is 17.7. The second-order valence-corrected chi connectivity index (χ2v) is 10.6. The third kappa shape index (κ3) is 4.63. The molecule has 4 heterocycles. The lowest BCUT2D eigenvalue weighted by molar-refractivity contribution is -0.192. The predicted octanol–water partition coefficient (Wildman–Crippen LogP) is 3.48. The van der Waals surface area contributed by atoms with Gasteiger partial charge in [-0.3, -0.25) is 9.59 Å². The summed E-state index contributed by atoms with van der Waals surface area (Å²) >= 11 is 0. The van der Waals surface area contributed by atoms with Crippen LogP contribution in [0.2, 0.25) is 0 Å². The number of pyridine rings is 2. The van der Waals surface area contributed by atoms with Crippen molar-refractivity contribution in [3.8, 4) is 11.4 Å². The third-order valence-corrected chi connectivity index (χ3v) is 6.72. The first-order chi connectivity index (χ1) is 18.4. The molecule has 0 fully saturated rings. The van der Waals surface area contributed by atoms with Gasteiger partial charge in [-0.15, -0.1) is 5.48 Å². The highest BCUT2D eigenvalue weighted by molar-refractivity contribution is 5.89. The van der Waals surface area contributed by atoms with Gasteiger partial charge in [0.05, 0.1) is 29.0 Å². The number of rotatable bonds is 5. The van der Waals surface area contributed by atoms with Crippen molar-refractivity contribution in [2.45, 2.75) is 71.4 Å². The fraction of sp³-hybridized carbons (Fsp3) is 0.393. The molecule has 204 valence electrons. The van der Waals surface area contributed by atoms with E-state index in [0.29, 0.717) is 17.9 Å². The van der Waals surface area contributed by atoms with E-state index in [0.717, 1.165) is 16.5 Å². The minimum Gasteiger partial charge on any atom is -0.457 e. The van der Waals surface area contributed by atoms with Gasteiger partial charge in [0.15, 0.2) is 0 Å². The number of carbonyl (C=O) groups excluding carboxylic acids is 3. The van der Waals surface area contributed by atoms with Crippen LogP contribution in [0.4, 0.5) is 4.79 Å². The summed E-state index contributed by atoms with van der Waals surface area (Å²) in [6, 6.07) is 10.2. The Balaban J connectivity index is 1.49. The molecule has 0 amide bonds. The summed E-state index contributed by atoms with van der Waals surface area (Å²) in [5.74, 6) is -1.68. The number of hydrogen-bond acceptors (Lipinski definition) is 10. The SMILES string of the molecule is CC[C@@]1(OC(=O)[C@H](C)NOC(=O)OC(C)(C)C)C(=O)OCc2c1cc1n(c2=O)Cc2cc3ccccc3nc2-1. The molecule has 11 nitrogen and oxygen atoms in total. The van der Waals surface area contributed by atoms with Gasteiger partial charge in [0.2, 0.25) is 5.60 Å². The quantitative estimate of drug-likeness (QED) is 0.230. The Kier molecular flexibility index (Phi) is 6.42. The first kappa shape index (κ1) is 26.4. The number of cyclic esters (lactones) is 1. The summed E-state index contributed by atoms with van der Waals surface area (Å²) in [5, 5.41) is 0.951. The van der Waals surface area contributed by atoms with E-state index in [-0.39, 0.29) is 29.7 Å². The van der Waals surface area contributed by atoms with Gasteiger partial charge in [-0.1, -0.05) is 25.1 Å². The summed E-state index contributed by atoms with van der Waals surface area (Å²) in [6.07, 6.45) is -1.03. The summed E-state index contributed by atoms with van der Waals surface area (Å²) in [4.78, 5) is 61.3. The van der Waals surface area contributed by atoms with Gasteiger partial charge in [0, 0.05) is 16.5 Å². The average molecular weight is 536 g/mol. The zero-order valence-electron chi connectivity index (χ0n) is 22.3. The van der Waals surface area contributed by atoms with Crippen LogP contribution in [-0.4, -0.2) is 39.3 Å². The van der Waals surface area contributed by atoms with Crippen molar-refractivity contribution >= 4 is 29.0 Å². The van der Waals surface area contributed by atoms with Crippen molar-refractivity contribution < 1.29 is 33.4 Å². The van der Waals surface area contributed by atoms with E-state index >= 15 is 0 Å². The number of carbonyl (C=O) groups is 3. The van der Waals surface area contributed by atoms with Crippen LogP contribution in [0.25, 0.3) is 22.3 Å². The molecular formula is C28H29N3O8. The van der Waals surface area contributed by atoms with Gasteiger partial charge in [-0.25, -0.2) is 14.6 Å². The van der Waals surface area contributed by atoms with Crippen LogP contribution < -0.4 is 11.0 Å². The van der Waals surface area contributed by atoms with E-state index in [1.54, 1.807) is 38.3 Å². The van der Waals surface area contributed by atoms with Crippen LogP contribution in [0.1, 0.15) is 57.7 Å². The number of nitrogens with one attached hydrogen (secondary N) is 1. The van der Waals surface area contributed by atoms with Crippen molar-refractivity contribution in [3.05, 3.63) is 63.4 Å². The molecule has 0 radical (unpaired) electrons. The minimum atomic E-state index is -1.87. The number of esters is 2. The van der Waals surface area contributed by atoms with Gasteiger partial charge in [0.25, 0.3) is 5.56 Å². The van der Waals surface area contributed by atoms with Gasteiger partial charge in [-0.2, -0.15) is 0 Å². The Morgan fingerprint density at radius 2 is 1.95 bits per heavy atom. The highest BCUT2D eigenvalue weighted by Gasteiger charge is 2.51. The van der Waals surface area contributed by atoms with Gasteiger partial charge >= 0.3 is 18.1 Å². The minimum absolute atomic E-state index is 0.00508. The Morgan fingerprint density at radius 3 is 2.67 bits per heavy atom. The maximum atomic E-state index is 13.6. The van der Waals surface area contributed by atoms with Crippen LogP contribution in [-0.2, 0) is 47.4 Å². The molecule has 11 heteroatoms. The molecule has 2 aliphatic rings.